The van der Waals surface area contributed by atoms with Gasteiger partial charge in [0.05, 0.1) is 10.7 Å². The minimum atomic E-state index is -0.769. The van der Waals surface area contributed by atoms with E-state index in [1.807, 2.05) is 0 Å². The number of hydrogen-bond donors (Lipinski definition) is 3. The van der Waals surface area contributed by atoms with Gasteiger partial charge in [-0.2, -0.15) is 0 Å². The van der Waals surface area contributed by atoms with Gasteiger partial charge in [-0.1, -0.05) is 11.6 Å². The first-order valence-corrected chi connectivity index (χ1v) is 3.17. The Bertz CT molecular complexity index is 280. The molecule has 0 radical (unpaired) electrons. The summed E-state index contributed by atoms with van der Waals surface area (Å²) in [4.78, 5) is 0. The number of nitrogens with two attached hydrogens (primary N) is 1. The number of aromatic hydroxyl groups is 1. The summed E-state index contributed by atoms with van der Waals surface area (Å²) in [5.74, 6) is 3.75. The fourth-order valence-corrected chi connectivity index (χ4v) is 0.853. The minimum absolute atomic E-state index is 0.128. The molecule has 11 heavy (non-hydrogen) atoms. The molecule has 3 nitrogen and oxygen atoms in total. The Morgan fingerprint density at radius 1 is 1.55 bits per heavy atom. The topological polar surface area (TPSA) is 58.3 Å². The second kappa shape index (κ2) is 2.94. The molecule has 0 atom stereocenters. The van der Waals surface area contributed by atoms with Crippen LogP contribution in [0.15, 0.2) is 12.1 Å². The highest BCUT2D eigenvalue weighted by atomic mass is 35.5. The molecule has 0 aromatic heterocycles. The lowest BCUT2D eigenvalue weighted by atomic mass is 10.3. The van der Waals surface area contributed by atoms with Gasteiger partial charge in [-0.25, -0.2) is 4.39 Å². The van der Waals surface area contributed by atoms with E-state index in [4.69, 9.17) is 22.6 Å². The van der Waals surface area contributed by atoms with Crippen molar-refractivity contribution in [2.24, 2.45) is 5.84 Å². The molecule has 0 spiro atoms. The third kappa shape index (κ3) is 1.53. The van der Waals surface area contributed by atoms with Crippen molar-refractivity contribution >= 4 is 17.3 Å². The maximum atomic E-state index is 12.5. The number of halogens is 2. The molecule has 0 aliphatic rings. The molecule has 0 amide bonds. The minimum Gasteiger partial charge on any atom is -0.505 e. The maximum Gasteiger partial charge on any atom is 0.166 e. The van der Waals surface area contributed by atoms with E-state index < -0.39 is 11.6 Å². The molecule has 0 saturated carbocycles. The quantitative estimate of drug-likeness (QED) is 0.449. The van der Waals surface area contributed by atoms with E-state index in [2.05, 4.69) is 5.43 Å². The number of hydrogen-bond acceptors (Lipinski definition) is 3. The number of rotatable bonds is 1. The zero-order valence-electron chi connectivity index (χ0n) is 5.44. The van der Waals surface area contributed by atoms with E-state index in [0.717, 1.165) is 12.1 Å². The number of benzene rings is 1. The van der Waals surface area contributed by atoms with E-state index in [1.165, 1.54) is 0 Å². The summed E-state index contributed by atoms with van der Waals surface area (Å²) < 4.78 is 12.5. The first kappa shape index (κ1) is 8.10. The van der Waals surface area contributed by atoms with Crippen LogP contribution in [-0.2, 0) is 0 Å². The monoisotopic (exact) mass is 176 g/mol. The zero-order chi connectivity index (χ0) is 8.43. The number of anilines is 1. The van der Waals surface area contributed by atoms with Crippen molar-refractivity contribution in [3.8, 4) is 5.75 Å². The first-order valence-electron chi connectivity index (χ1n) is 2.79. The highest BCUT2D eigenvalue weighted by Crippen LogP contribution is 2.27. The van der Waals surface area contributed by atoms with Crippen LogP contribution < -0.4 is 11.3 Å². The van der Waals surface area contributed by atoms with Gasteiger partial charge in [0, 0.05) is 6.07 Å². The van der Waals surface area contributed by atoms with Crippen LogP contribution in [-0.4, -0.2) is 5.11 Å². The fourth-order valence-electron chi connectivity index (χ4n) is 0.648. The standard InChI is InChI=1S/C6H6ClFN2O/c7-3-1-4(8)6(11)2-5(3)10-9/h1-2,10-11H,9H2. The van der Waals surface area contributed by atoms with Crippen molar-refractivity contribution in [1.82, 2.24) is 0 Å². The molecule has 0 bridgehead atoms. The second-order valence-electron chi connectivity index (χ2n) is 1.93. The van der Waals surface area contributed by atoms with Crippen LogP contribution in [0, 0.1) is 5.82 Å². The fraction of sp³-hybridized carbons (Fsp3) is 0. The predicted molar refractivity (Wildman–Crippen MR) is 40.9 cm³/mol. The van der Waals surface area contributed by atoms with Crippen LogP contribution in [0.25, 0.3) is 0 Å². The number of nitrogen functional groups attached to an aromatic ring is 1. The lowest BCUT2D eigenvalue weighted by Gasteiger charge is -2.03. The SMILES string of the molecule is NNc1cc(O)c(F)cc1Cl. The van der Waals surface area contributed by atoms with Crippen molar-refractivity contribution in [3.05, 3.63) is 23.0 Å². The normalized spacial score (nSPS) is 9.73. The third-order valence-corrected chi connectivity index (χ3v) is 1.50. The second-order valence-corrected chi connectivity index (χ2v) is 2.34. The molecule has 1 aromatic carbocycles. The number of nitrogens with one attached hydrogen (secondary N) is 1. The predicted octanol–water partition coefficient (Wildman–Crippen LogP) is 1.47. The Morgan fingerprint density at radius 2 is 2.18 bits per heavy atom. The molecule has 0 unspecified atom stereocenters. The largest absolute Gasteiger partial charge is 0.505 e. The van der Waals surface area contributed by atoms with Crippen molar-refractivity contribution < 1.29 is 9.50 Å². The first-order chi connectivity index (χ1) is 5.15. The van der Waals surface area contributed by atoms with Gasteiger partial charge >= 0.3 is 0 Å². The van der Waals surface area contributed by atoms with Crippen LogP contribution in [0.5, 0.6) is 5.75 Å². The molecule has 0 fully saturated rings. The van der Waals surface area contributed by atoms with E-state index in [9.17, 15) is 4.39 Å². The van der Waals surface area contributed by atoms with Gasteiger partial charge in [0.2, 0.25) is 0 Å². The van der Waals surface area contributed by atoms with Gasteiger partial charge in [0.1, 0.15) is 0 Å². The van der Waals surface area contributed by atoms with Crippen molar-refractivity contribution in [1.29, 1.82) is 0 Å². The van der Waals surface area contributed by atoms with Gasteiger partial charge in [-0.05, 0) is 6.07 Å². The number of phenolic OH excluding ortho intramolecular Hbond substituents is 1. The van der Waals surface area contributed by atoms with Crippen LogP contribution in [0.2, 0.25) is 5.02 Å². The Morgan fingerprint density at radius 3 is 2.73 bits per heavy atom. The van der Waals surface area contributed by atoms with Gasteiger partial charge in [0.25, 0.3) is 0 Å². The Labute approximate surface area is 67.6 Å². The van der Waals surface area contributed by atoms with E-state index in [-0.39, 0.29) is 10.7 Å². The van der Waals surface area contributed by atoms with Gasteiger partial charge in [-0.3, -0.25) is 5.84 Å². The number of phenols is 1. The highest BCUT2D eigenvalue weighted by Gasteiger charge is 2.05. The molecule has 60 valence electrons. The molecular weight excluding hydrogens is 171 g/mol. The Balaban J connectivity index is 3.21. The molecule has 4 N–H and O–H groups in total. The summed E-state index contributed by atoms with van der Waals surface area (Å²) >= 11 is 5.51. The number of hydrazine groups is 1. The molecule has 1 aromatic rings. The van der Waals surface area contributed by atoms with Gasteiger partial charge < -0.3 is 10.5 Å². The van der Waals surface area contributed by atoms with Crippen molar-refractivity contribution in [2.75, 3.05) is 5.43 Å². The van der Waals surface area contributed by atoms with Gasteiger partial charge in [-0.15, -0.1) is 0 Å². The lowest BCUT2D eigenvalue weighted by Crippen LogP contribution is -2.07. The summed E-state index contributed by atoms with van der Waals surface area (Å²) in [6.45, 7) is 0. The van der Waals surface area contributed by atoms with Crippen LogP contribution in [0.1, 0.15) is 0 Å². The van der Waals surface area contributed by atoms with Crippen molar-refractivity contribution in [3.63, 3.8) is 0 Å². The summed E-state index contributed by atoms with van der Waals surface area (Å²) in [6.07, 6.45) is 0. The Kier molecular flexibility index (Phi) is 2.16. The molecule has 0 saturated heterocycles. The summed E-state index contributed by atoms with van der Waals surface area (Å²) in [6, 6.07) is 2.09. The van der Waals surface area contributed by atoms with E-state index >= 15 is 0 Å². The summed E-state index contributed by atoms with van der Waals surface area (Å²) in [5, 5.41) is 8.95. The molecule has 1 rings (SSSR count). The molecule has 5 heteroatoms. The van der Waals surface area contributed by atoms with Crippen LogP contribution >= 0.6 is 11.6 Å². The Hall–Kier alpha value is -1.00. The van der Waals surface area contributed by atoms with Crippen LogP contribution in [0.4, 0.5) is 10.1 Å². The smallest absolute Gasteiger partial charge is 0.166 e. The van der Waals surface area contributed by atoms with Crippen molar-refractivity contribution in [2.45, 2.75) is 0 Å². The van der Waals surface area contributed by atoms with Gasteiger partial charge in [0.15, 0.2) is 11.6 Å². The molecule has 0 heterocycles. The molecule has 0 aliphatic carbocycles. The molecular formula is C6H6ClFN2O. The van der Waals surface area contributed by atoms with E-state index in [1.54, 1.807) is 0 Å². The maximum absolute atomic E-state index is 12.5. The lowest BCUT2D eigenvalue weighted by molar-refractivity contribution is 0.433. The third-order valence-electron chi connectivity index (χ3n) is 1.19. The average Bonchev–Trinajstić information content (AvgIpc) is 1.97. The summed E-state index contributed by atoms with van der Waals surface area (Å²) in [5.41, 5.74) is 2.49. The molecule has 0 aliphatic heterocycles. The van der Waals surface area contributed by atoms with E-state index in [0.29, 0.717) is 0 Å². The zero-order valence-corrected chi connectivity index (χ0v) is 6.19. The summed E-state index contributed by atoms with van der Waals surface area (Å²) in [7, 11) is 0. The van der Waals surface area contributed by atoms with Crippen LogP contribution in [0.3, 0.4) is 0 Å². The average molecular weight is 177 g/mol. The highest BCUT2D eigenvalue weighted by molar-refractivity contribution is 6.33.